The number of aliphatic hydroxyl groups is 1. The number of hydrogen-bond donors (Lipinski definition) is 1. The van der Waals surface area contributed by atoms with Gasteiger partial charge < -0.3 is 14.6 Å². The van der Waals surface area contributed by atoms with E-state index in [4.69, 9.17) is 32.7 Å². The van der Waals surface area contributed by atoms with Crippen molar-refractivity contribution in [2.45, 2.75) is 18.4 Å². The molecule has 0 unspecified atom stereocenters. The first kappa shape index (κ1) is 14.7. The lowest BCUT2D eigenvalue weighted by Gasteiger charge is -2.29. The molecule has 0 saturated carbocycles. The van der Waals surface area contributed by atoms with Crippen molar-refractivity contribution in [3.63, 3.8) is 0 Å². The molecule has 1 saturated heterocycles. The molecule has 2 aromatic rings. The summed E-state index contributed by atoms with van der Waals surface area (Å²) in [6.07, 6.45) is 2.57. The van der Waals surface area contributed by atoms with Gasteiger partial charge >= 0.3 is 0 Å². The standard InChI is InChI=1S/C13H13Cl2N3O3/c14-9-1-2-11(12(15)3-9)13(6-18-8-16-7-17-18)20-5-10(4-19)21-13/h1-3,7-8,10,19H,4-6H2/t10-,13+/m0/s1. The second-order valence-electron chi connectivity index (χ2n) is 4.70. The van der Waals surface area contributed by atoms with Gasteiger partial charge in [0.25, 0.3) is 0 Å². The maximum absolute atomic E-state index is 9.29. The van der Waals surface area contributed by atoms with Crippen molar-refractivity contribution in [3.8, 4) is 0 Å². The second kappa shape index (κ2) is 5.90. The van der Waals surface area contributed by atoms with E-state index >= 15 is 0 Å². The van der Waals surface area contributed by atoms with Crippen LogP contribution < -0.4 is 0 Å². The van der Waals surface area contributed by atoms with Gasteiger partial charge in [0.15, 0.2) is 0 Å². The number of aliphatic hydroxyl groups excluding tert-OH is 1. The number of hydrogen-bond acceptors (Lipinski definition) is 5. The zero-order valence-corrected chi connectivity index (χ0v) is 12.5. The van der Waals surface area contributed by atoms with Gasteiger partial charge in [0.05, 0.1) is 18.2 Å². The van der Waals surface area contributed by atoms with Crippen molar-refractivity contribution < 1.29 is 14.6 Å². The molecule has 1 aromatic carbocycles. The van der Waals surface area contributed by atoms with E-state index in [1.807, 2.05) is 0 Å². The maximum Gasteiger partial charge on any atom is 0.217 e. The van der Waals surface area contributed by atoms with Gasteiger partial charge in [0, 0.05) is 10.6 Å². The summed E-state index contributed by atoms with van der Waals surface area (Å²) in [6.45, 7) is 0.402. The Balaban J connectivity index is 1.99. The van der Waals surface area contributed by atoms with Crippen molar-refractivity contribution in [2.24, 2.45) is 0 Å². The van der Waals surface area contributed by atoms with Gasteiger partial charge in [-0.3, -0.25) is 0 Å². The SMILES string of the molecule is OC[C@H]1CO[C@@](Cn2cncn2)(c2ccc(Cl)cc2Cl)O1. The van der Waals surface area contributed by atoms with E-state index in [0.29, 0.717) is 15.6 Å². The van der Waals surface area contributed by atoms with E-state index in [2.05, 4.69) is 10.1 Å². The normalized spacial score (nSPS) is 25.4. The molecule has 0 spiro atoms. The quantitative estimate of drug-likeness (QED) is 0.926. The summed E-state index contributed by atoms with van der Waals surface area (Å²) < 4.78 is 13.3. The Hall–Kier alpha value is -1.18. The zero-order chi connectivity index (χ0) is 14.9. The summed E-state index contributed by atoms with van der Waals surface area (Å²) in [5, 5.41) is 14.3. The Morgan fingerprint density at radius 3 is 2.90 bits per heavy atom. The highest BCUT2D eigenvalue weighted by atomic mass is 35.5. The van der Waals surface area contributed by atoms with E-state index < -0.39 is 11.9 Å². The van der Waals surface area contributed by atoms with Crippen LogP contribution in [0.3, 0.4) is 0 Å². The van der Waals surface area contributed by atoms with Crippen LogP contribution in [0.25, 0.3) is 0 Å². The first-order valence-electron chi connectivity index (χ1n) is 6.33. The molecule has 3 rings (SSSR count). The predicted molar refractivity (Wildman–Crippen MR) is 76.1 cm³/mol. The third-order valence-electron chi connectivity index (χ3n) is 3.24. The van der Waals surface area contributed by atoms with Gasteiger partial charge in [-0.05, 0) is 12.1 Å². The molecule has 6 nitrogen and oxygen atoms in total. The van der Waals surface area contributed by atoms with Crippen molar-refractivity contribution in [1.29, 1.82) is 0 Å². The lowest BCUT2D eigenvalue weighted by atomic mass is 10.1. The third-order valence-corrected chi connectivity index (χ3v) is 3.79. The van der Waals surface area contributed by atoms with E-state index in [0.717, 1.165) is 0 Å². The molecular weight excluding hydrogens is 317 g/mol. The first-order valence-corrected chi connectivity index (χ1v) is 7.09. The molecule has 2 heterocycles. The smallest absolute Gasteiger partial charge is 0.217 e. The van der Waals surface area contributed by atoms with Crippen LogP contribution in [0.2, 0.25) is 10.0 Å². The van der Waals surface area contributed by atoms with E-state index in [-0.39, 0.29) is 19.8 Å². The van der Waals surface area contributed by atoms with Gasteiger partial charge in [0.1, 0.15) is 25.3 Å². The topological polar surface area (TPSA) is 69.4 Å². The molecule has 112 valence electrons. The first-order chi connectivity index (χ1) is 10.1. The molecule has 1 N–H and O–H groups in total. The molecule has 1 aliphatic heterocycles. The predicted octanol–water partition coefficient (Wildman–Crippen LogP) is 1.85. The summed E-state index contributed by atoms with van der Waals surface area (Å²) >= 11 is 12.2. The molecule has 21 heavy (non-hydrogen) atoms. The Morgan fingerprint density at radius 1 is 1.43 bits per heavy atom. The fourth-order valence-corrected chi connectivity index (χ4v) is 2.84. The van der Waals surface area contributed by atoms with E-state index in [9.17, 15) is 5.11 Å². The largest absolute Gasteiger partial charge is 0.394 e. The van der Waals surface area contributed by atoms with Crippen molar-refractivity contribution >= 4 is 23.2 Å². The van der Waals surface area contributed by atoms with Gasteiger partial charge in [-0.25, -0.2) is 9.67 Å². The highest BCUT2D eigenvalue weighted by molar-refractivity contribution is 6.35. The molecule has 0 radical (unpaired) electrons. The average molecular weight is 330 g/mol. The Bertz CT molecular complexity index is 623. The van der Waals surface area contributed by atoms with Crippen LogP contribution in [-0.2, 0) is 21.8 Å². The van der Waals surface area contributed by atoms with Crippen molar-refractivity contribution in [2.75, 3.05) is 13.2 Å². The Morgan fingerprint density at radius 2 is 2.29 bits per heavy atom. The van der Waals surface area contributed by atoms with Gasteiger partial charge in [-0.2, -0.15) is 5.10 Å². The fourth-order valence-electron chi connectivity index (χ4n) is 2.29. The highest BCUT2D eigenvalue weighted by Gasteiger charge is 2.45. The second-order valence-corrected chi connectivity index (χ2v) is 5.55. The van der Waals surface area contributed by atoms with E-state index in [1.165, 1.54) is 6.33 Å². The molecule has 0 bridgehead atoms. The number of halogens is 2. The van der Waals surface area contributed by atoms with Crippen LogP contribution in [0, 0.1) is 0 Å². The summed E-state index contributed by atoms with van der Waals surface area (Å²) in [6, 6.07) is 5.09. The molecule has 2 atom stereocenters. The molecule has 1 fully saturated rings. The minimum absolute atomic E-state index is 0.135. The molecule has 8 heteroatoms. The summed E-state index contributed by atoms with van der Waals surface area (Å²) in [5.41, 5.74) is 0.639. The molecule has 0 amide bonds. The third kappa shape index (κ3) is 2.90. The van der Waals surface area contributed by atoms with Gasteiger partial charge in [-0.1, -0.05) is 29.3 Å². The molecule has 1 aliphatic rings. The van der Waals surface area contributed by atoms with E-state index in [1.54, 1.807) is 29.2 Å². The van der Waals surface area contributed by atoms with Crippen LogP contribution >= 0.6 is 23.2 Å². The lowest BCUT2D eigenvalue weighted by Crippen LogP contribution is -2.34. The van der Waals surface area contributed by atoms with Gasteiger partial charge in [0.2, 0.25) is 5.79 Å². The Labute approximate surface area is 131 Å². The van der Waals surface area contributed by atoms with Crippen LogP contribution in [0.1, 0.15) is 5.56 Å². The van der Waals surface area contributed by atoms with Crippen LogP contribution in [0.15, 0.2) is 30.9 Å². The summed E-state index contributed by atoms with van der Waals surface area (Å²) in [7, 11) is 0. The monoisotopic (exact) mass is 329 g/mol. The van der Waals surface area contributed by atoms with Crippen LogP contribution in [0.4, 0.5) is 0 Å². The maximum atomic E-state index is 9.29. The molecule has 0 aliphatic carbocycles. The van der Waals surface area contributed by atoms with Crippen molar-refractivity contribution in [3.05, 3.63) is 46.5 Å². The van der Waals surface area contributed by atoms with Crippen LogP contribution in [-0.4, -0.2) is 39.2 Å². The zero-order valence-electron chi connectivity index (χ0n) is 10.9. The average Bonchev–Trinajstić information content (AvgIpc) is 3.09. The molecular formula is C13H13Cl2N3O3. The van der Waals surface area contributed by atoms with Crippen molar-refractivity contribution in [1.82, 2.24) is 14.8 Å². The minimum atomic E-state index is -1.12. The number of aromatic nitrogens is 3. The number of nitrogens with zero attached hydrogens (tertiary/aromatic N) is 3. The summed E-state index contributed by atoms with van der Waals surface area (Å²) in [5.74, 6) is -1.12. The lowest BCUT2D eigenvalue weighted by molar-refractivity contribution is -0.191. The summed E-state index contributed by atoms with van der Waals surface area (Å²) in [4.78, 5) is 3.90. The highest BCUT2D eigenvalue weighted by Crippen LogP contribution is 2.40. The van der Waals surface area contributed by atoms with Crippen LogP contribution in [0.5, 0.6) is 0 Å². The molecule has 1 aromatic heterocycles. The minimum Gasteiger partial charge on any atom is -0.394 e. The Kier molecular flexibility index (Phi) is 4.14. The van der Waals surface area contributed by atoms with Gasteiger partial charge in [-0.15, -0.1) is 0 Å². The fraction of sp³-hybridized carbons (Fsp3) is 0.385. The number of benzene rings is 1. The number of ether oxygens (including phenoxy) is 2. The number of rotatable bonds is 4.